The highest BCUT2D eigenvalue weighted by molar-refractivity contribution is 7.89. The third-order valence-corrected chi connectivity index (χ3v) is 13.3. The Kier molecular flexibility index (Phi) is 9.59. The Labute approximate surface area is 266 Å². The SMILES string of the molecule is Cc1ccc(S(=O)(=O)N2CCN(S(=O)(=O)c3ccc(C)cc3)Cc3cccc(n3)CN(S(=O)(=O)c3ccc(C)cc3)CC2)cc1. The normalized spacial score (nSPS) is 16.5. The van der Waals surface area contributed by atoms with Crippen molar-refractivity contribution in [3.63, 3.8) is 0 Å². The lowest BCUT2D eigenvalue weighted by Crippen LogP contribution is -2.45. The van der Waals surface area contributed by atoms with Crippen LogP contribution >= 0.6 is 0 Å². The predicted molar refractivity (Wildman–Crippen MR) is 172 cm³/mol. The molecule has 2 heterocycles. The molecule has 10 nitrogen and oxygen atoms in total. The zero-order valence-corrected chi connectivity index (χ0v) is 27.8. The summed E-state index contributed by atoms with van der Waals surface area (Å²) in [7, 11) is -12.2. The van der Waals surface area contributed by atoms with Gasteiger partial charge in [-0.3, -0.25) is 4.98 Å². The molecule has 0 fully saturated rings. The van der Waals surface area contributed by atoms with E-state index in [9.17, 15) is 25.3 Å². The Balaban J connectivity index is 1.59. The standard InChI is InChI=1S/C32H36N4O6S3/c1-25-7-13-30(14-8-25)43(37,38)34-19-21-35(44(39,40)31-15-9-26(2)10-16-31)23-28-5-4-6-29(33-28)24-36(22-20-34)45(41,42)32-17-11-27(3)12-18-32/h4-18H,19-24H2,1-3H3. The number of sulfonamides is 3. The van der Waals surface area contributed by atoms with Crippen LogP contribution in [0.2, 0.25) is 0 Å². The Hall–Kier alpha value is -3.46. The summed E-state index contributed by atoms with van der Waals surface area (Å²) >= 11 is 0. The number of fused-ring (bicyclic) bond motifs is 2. The van der Waals surface area contributed by atoms with Gasteiger partial charge in [-0.15, -0.1) is 0 Å². The van der Waals surface area contributed by atoms with Crippen LogP contribution in [-0.4, -0.2) is 69.3 Å². The fourth-order valence-corrected chi connectivity index (χ4v) is 9.24. The van der Waals surface area contributed by atoms with Crippen LogP contribution in [0.3, 0.4) is 0 Å². The number of hydrogen-bond acceptors (Lipinski definition) is 7. The lowest BCUT2D eigenvalue weighted by atomic mass is 10.2. The molecule has 1 aliphatic heterocycles. The second-order valence-corrected chi connectivity index (χ2v) is 17.0. The van der Waals surface area contributed by atoms with Crippen molar-refractivity contribution in [2.75, 3.05) is 26.2 Å². The van der Waals surface area contributed by atoms with Gasteiger partial charge in [0.1, 0.15) is 0 Å². The average molecular weight is 669 g/mol. The summed E-state index contributed by atoms with van der Waals surface area (Å²) in [6, 6.07) is 24.4. The summed E-state index contributed by atoms with van der Waals surface area (Å²) in [6.45, 7) is 4.52. The first-order valence-electron chi connectivity index (χ1n) is 14.4. The number of pyridine rings is 1. The highest BCUT2D eigenvalue weighted by Gasteiger charge is 2.33. The molecule has 45 heavy (non-hydrogen) atoms. The molecule has 1 aliphatic rings. The second kappa shape index (κ2) is 13.1. The van der Waals surface area contributed by atoms with Crippen molar-refractivity contribution >= 4 is 30.1 Å². The predicted octanol–water partition coefficient (Wildman–Crippen LogP) is 4.09. The molecule has 0 aliphatic carbocycles. The largest absolute Gasteiger partial charge is 0.255 e. The van der Waals surface area contributed by atoms with E-state index in [0.717, 1.165) is 21.0 Å². The van der Waals surface area contributed by atoms with E-state index in [2.05, 4.69) is 4.98 Å². The molecule has 0 radical (unpaired) electrons. The molecule has 0 atom stereocenters. The monoisotopic (exact) mass is 668 g/mol. The first kappa shape index (κ1) is 32.9. The van der Waals surface area contributed by atoms with E-state index in [4.69, 9.17) is 0 Å². The lowest BCUT2D eigenvalue weighted by Gasteiger charge is -2.30. The van der Waals surface area contributed by atoms with Gasteiger partial charge in [-0.25, -0.2) is 25.3 Å². The van der Waals surface area contributed by atoms with Crippen molar-refractivity contribution in [2.24, 2.45) is 0 Å². The van der Waals surface area contributed by atoms with Gasteiger partial charge in [0.05, 0.1) is 39.2 Å². The molecular formula is C32H36N4O6S3. The van der Waals surface area contributed by atoms with Gasteiger partial charge >= 0.3 is 0 Å². The van der Waals surface area contributed by atoms with Crippen LogP contribution in [0.1, 0.15) is 28.1 Å². The van der Waals surface area contributed by atoms with Crippen molar-refractivity contribution in [1.82, 2.24) is 17.9 Å². The molecule has 0 amide bonds. The molecule has 5 rings (SSSR count). The van der Waals surface area contributed by atoms with E-state index in [0.29, 0.717) is 11.4 Å². The molecule has 1 aromatic heterocycles. The van der Waals surface area contributed by atoms with Gasteiger partial charge in [0.25, 0.3) is 0 Å². The highest BCUT2D eigenvalue weighted by atomic mass is 32.2. The summed E-state index contributed by atoms with van der Waals surface area (Å²) in [6.07, 6.45) is 0. The van der Waals surface area contributed by atoms with Crippen LogP contribution in [0.4, 0.5) is 0 Å². The lowest BCUT2D eigenvalue weighted by molar-refractivity contribution is 0.305. The van der Waals surface area contributed by atoms with Gasteiger partial charge < -0.3 is 0 Å². The number of hydrogen-bond donors (Lipinski definition) is 0. The molecule has 0 saturated carbocycles. The van der Waals surface area contributed by atoms with Gasteiger partial charge in [0, 0.05) is 26.2 Å². The number of aromatic nitrogens is 1. The minimum atomic E-state index is -4.13. The number of aryl methyl sites for hydroxylation is 3. The van der Waals surface area contributed by atoms with Gasteiger partial charge in [-0.1, -0.05) is 59.2 Å². The first-order valence-corrected chi connectivity index (χ1v) is 18.7. The summed E-state index contributed by atoms with van der Waals surface area (Å²) in [4.78, 5) is 4.83. The number of nitrogens with zero attached hydrogens (tertiary/aromatic N) is 4. The van der Waals surface area contributed by atoms with Crippen molar-refractivity contribution in [1.29, 1.82) is 0 Å². The molecule has 2 bridgehead atoms. The molecule has 238 valence electrons. The fourth-order valence-electron chi connectivity index (χ4n) is 5.01. The molecule has 4 aromatic rings. The molecule has 13 heteroatoms. The van der Waals surface area contributed by atoms with Crippen LogP contribution in [0, 0.1) is 20.8 Å². The Morgan fingerprint density at radius 3 is 1.07 bits per heavy atom. The topological polar surface area (TPSA) is 125 Å². The van der Waals surface area contributed by atoms with Gasteiger partial charge in [-0.05, 0) is 69.3 Å². The van der Waals surface area contributed by atoms with Gasteiger partial charge in [0.15, 0.2) is 0 Å². The van der Waals surface area contributed by atoms with E-state index in [1.54, 1.807) is 54.6 Å². The maximum absolute atomic E-state index is 14.0. The van der Waals surface area contributed by atoms with E-state index in [1.807, 2.05) is 20.8 Å². The third kappa shape index (κ3) is 7.35. The van der Waals surface area contributed by atoms with Crippen LogP contribution in [0.15, 0.2) is 106 Å². The molecule has 0 spiro atoms. The minimum Gasteiger partial charge on any atom is -0.255 e. The molecule has 0 N–H and O–H groups in total. The van der Waals surface area contributed by atoms with Gasteiger partial charge in [-0.2, -0.15) is 12.9 Å². The Morgan fingerprint density at radius 1 is 0.444 bits per heavy atom. The average Bonchev–Trinajstić information content (AvgIpc) is 3.00. The summed E-state index contributed by atoms with van der Waals surface area (Å²) in [5.41, 5.74) is 3.49. The van der Waals surface area contributed by atoms with Crippen LogP contribution in [0.25, 0.3) is 0 Å². The van der Waals surface area contributed by atoms with E-state index < -0.39 is 30.1 Å². The quantitative estimate of drug-likeness (QED) is 0.303. The van der Waals surface area contributed by atoms with Crippen molar-refractivity contribution in [2.45, 2.75) is 48.5 Å². The maximum Gasteiger partial charge on any atom is 0.243 e. The molecule has 0 unspecified atom stereocenters. The highest BCUT2D eigenvalue weighted by Crippen LogP contribution is 2.24. The number of benzene rings is 3. The molecular weight excluding hydrogens is 633 g/mol. The molecule has 3 aromatic carbocycles. The zero-order chi connectivity index (χ0) is 32.4. The summed E-state index contributed by atoms with van der Waals surface area (Å²) in [5.74, 6) is 0. The second-order valence-electron chi connectivity index (χ2n) is 11.1. The molecule has 0 saturated heterocycles. The summed E-state index contributed by atoms with van der Waals surface area (Å²) < 4.78 is 87.1. The van der Waals surface area contributed by atoms with Crippen molar-refractivity contribution < 1.29 is 25.3 Å². The van der Waals surface area contributed by atoms with Crippen LogP contribution in [-0.2, 0) is 43.2 Å². The maximum atomic E-state index is 14.0. The van der Waals surface area contributed by atoms with Crippen LogP contribution < -0.4 is 0 Å². The minimum absolute atomic E-state index is 0.0352. The first-order chi connectivity index (χ1) is 21.3. The summed E-state index contributed by atoms with van der Waals surface area (Å²) in [5, 5.41) is 0. The Bertz CT molecular complexity index is 1880. The third-order valence-electron chi connectivity index (χ3n) is 7.72. The smallest absolute Gasteiger partial charge is 0.243 e. The number of rotatable bonds is 6. The zero-order valence-electron chi connectivity index (χ0n) is 25.4. The van der Waals surface area contributed by atoms with E-state index >= 15 is 0 Å². The van der Waals surface area contributed by atoms with E-state index in [-0.39, 0.29) is 54.0 Å². The van der Waals surface area contributed by atoms with E-state index in [1.165, 1.54) is 45.0 Å². The Morgan fingerprint density at radius 2 is 0.733 bits per heavy atom. The van der Waals surface area contributed by atoms with Crippen molar-refractivity contribution in [3.8, 4) is 0 Å². The van der Waals surface area contributed by atoms with Crippen molar-refractivity contribution in [3.05, 3.63) is 119 Å². The fraction of sp³-hybridized carbons (Fsp3) is 0.281. The van der Waals surface area contributed by atoms with Crippen LogP contribution in [0.5, 0.6) is 0 Å². The van der Waals surface area contributed by atoms with Gasteiger partial charge in [0.2, 0.25) is 30.1 Å².